The van der Waals surface area contributed by atoms with Gasteiger partial charge in [0.05, 0.1) is 11.0 Å². The maximum absolute atomic E-state index is 11.5. The second kappa shape index (κ2) is 4.35. The zero-order valence-electron chi connectivity index (χ0n) is 11.1. The first-order valence-electron chi connectivity index (χ1n) is 6.57. The van der Waals surface area contributed by atoms with Gasteiger partial charge in [0.2, 0.25) is 0 Å². The van der Waals surface area contributed by atoms with Crippen LogP contribution in [-0.4, -0.2) is 27.5 Å². The summed E-state index contributed by atoms with van der Waals surface area (Å²) < 4.78 is 0. The Kier molecular flexibility index (Phi) is 2.78. The molecule has 1 aliphatic heterocycles. The van der Waals surface area contributed by atoms with E-state index < -0.39 is 11.1 Å². The van der Waals surface area contributed by atoms with Gasteiger partial charge in [-0.2, -0.15) is 0 Å². The minimum atomic E-state index is -0.594. The summed E-state index contributed by atoms with van der Waals surface area (Å²) in [5, 5.41) is 0. The molecule has 5 heteroatoms. The molecule has 2 heterocycles. The third-order valence-corrected chi connectivity index (χ3v) is 3.86. The van der Waals surface area contributed by atoms with Crippen molar-refractivity contribution in [2.45, 2.75) is 32.9 Å². The Morgan fingerprint density at radius 3 is 2.63 bits per heavy atom. The largest absolute Gasteiger partial charge is 0.316 e. The Morgan fingerprint density at radius 1 is 1.16 bits per heavy atom. The van der Waals surface area contributed by atoms with Gasteiger partial charge < -0.3 is 9.97 Å². The van der Waals surface area contributed by atoms with Crippen LogP contribution in [0.5, 0.6) is 0 Å². The van der Waals surface area contributed by atoms with Gasteiger partial charge in [-0.1, -0.05) is 6.07 Å². The molecule has 0 fully saturated rings. The third kappa shape index (κ3) is 2.00. The second-order valence-electron chi connectivity index (χ2n) is 5.35. The first kappa shape index (κ1) is 12.2. The summed E-state index contributed by atoms with van der Waals surface area (Å²) in [4.78, 5) is 30.6. The van der Waals surface area contributed by atoms with Crippen molar-refractivity contribution in [2.75, 3.05) is 6.54 Å². The highest BCUT2D eigenvalue weighted by Crippen LogP contribution is 2.25. The Hall–Kier alpha value is -1.88. The average molecular weight is 259 g/mol. The van der Waals surface area contributed by atoms with Crippen LogP contribution in [0.25, 0.3) is 11.0 Å². The Bertz CT molecular complexity index is 742. The van der Waals surface area contributed by atoms with E-state index in [0.29, 0.717) is 11.6 Å². The van der Waals surface area contributed by atoms with Gasteiger partial charge >= 0.3 is 11.1 Å². The number of benzene rings is 1. The lowest BCUT2D eigenvalue weighted by Crippen LogP contribution is -2.37. The number of hydrogen-bond donors (Lipinski definition) is 2. The molecular formula is C14H17N3O2. The molecule has 0 spiro atoms. The second-order valence-corrected chi connectivity index (χ2v) is 5.35. The fraction of sp³-hybridized carbons (Fsp3) is 0.429. The van der Waals surface area contributed by atoms with Crippen LogP contribution in [0, 0.1) is 0 Å². The first-order valence-corrected chi connectivity index (χ1v) is 6.57. The lowest BCUT2D eigenvalue weighted by atomic mass is 9.97. The topological polar surface area (TPSA) is 69.0 Å². The van der Waals surface area contributed by atoms with Crippen molar-refractivity contribution in [3.05, 3.63) is 44.0 Å². The summed E-state index contributed by atoms with van der Waals surface area (Å²) in [6.07, 6.45) is 0.977. The highest BCUT2D eigenvalue weighted by molar-refractivity contribution is 5.79. The van der Waals surface area contributed by atoms with Crippen LogP contribution in [0.3, 0.4) is 0 Å². The third-order valence-electron chi connectivity index (χ3n) is 3.86. The number of H-pyrrole nitrogens is 2. The van der Waals surface area contributed by atoms with Gasteiger partial charge in [-0.3, -0.25) is 14.5 Å². The standard InChI is InChI=1S/C14H17N3O2/c1-8(2)17-6-5-9-3-4-11-12(10(9)7-17)16-14(19)13(18)15-11/h3-4,8H,5-7H2,1-2H3,(H,15,18)(H,16,19). The van der Waals surface area contributed by atoms with Gasteiger partial charge in [-0.15, -0.1) is 0 Å². The molecule has 0 radical (unpaired) electrons. The molecule has 0 saturated carbocycles. The molecule has 2 aromatic rings. The van der Waals surface area contributed by atoms with Crippen molar-refractivity contribution < 1.29 is 0 Å². The Labute approximate surface area is 110 Å². The summed E-state index contributed by atoms with van der Waals surface area (Å²) in [6, 6.07) is 4.39. The number of aromatic nitrogens is 2. The van der Waals surface area contributed by atoms with Crippen molar-refractivity contribution in [3.8, 4) is 0 Å². The monoisotopic (exact) mass is 259 g/mol. The maximum Gasteiger partial charge on any atom is 0.314 e. The molecular weight excluding hydrogens is 242 g/mol. The molecule has 0 bridgehead atoms. The van der Waals surface area contributed by atoms with E-state index in [-0.39, 0.29) is 0 Å². The summed E-state index contributed by atoms with van der Waals surface area (Å²) in [5.41, 5.74) is 2.69. The Balaban J connectivity index is 2.22. The molecule has 2 N–H and O–H groups in total. The predicted octanol–water partition coefficient (Wildman–Crippen LogP) is 0.983. The maximum atomic E-state index is 11.5. The molecule has 0 saturated heterocycles. The van der Waals surface area contributed by atoms with Gasteiger partial charge in [0.15, 0.2) is 0 Å². The lowest BCUT2D eigenvalue weighted by Gasteiger charge is -2.32. The summed E-state index contributed by atoms with van der Waals surface area (Å²) in [5.74, 6) is 0. The molecule has 0 atom stereocenters. The van der Waals surface area contributed by atoms with E-state index in [1.165, 1.54) is 5.56 Å². The summed E-state index contributed by atoms with van der Waals surface area (Å²) in [7, 11) is 0. The number of nitrogens with one attached hydrogen (secondary N) is 2. The minimum Gasteiger partial charge on any atom is -0.316 e. The molecule has 0 amide bonds. The highest BCUT2D eigenvalue weighted by Gasteiger charge is 2.20. The number of rotatable bonds is 1. The van der Waals surface area contributed by atoms with Crippen LogP contribution in [0.4, 0.5) is 0 Å². The van der Waals surface area contributed by atoms with Crippen molar-refractivity contribution in [3.63, 3.8) is 0 Å². The SMILES string of the molecule is CC(C)N1CCc2ccc3[nH]c(=O)c(=O)[nH]c3c2C1. The molecule has 19 heavy (non-hydrogen) atoms. The fourth-order valence-electron chi connectivity index (χ4n) is 2.69. The van der Waals surface area contributed by atoms with E-state index in [0.717, 1.165) is 30.6 Å². The molecule has 100 valence electrons. The highest BCUT2D eigenvalue weighted by atomic mass is 16.2. The van der Waals surface area contributed by atoms with Crippen LogP contribution in [0.15, 0.2) is 21.7 Å². The smallest absolute Gasteiger partial charge is 0.314 e. The van der Waals surface area contributed by atoms with Crippen LogP contribution in [0.2, 0.25) is 0 Å². The van der Waals surface area contributed by atoms with Crippen molar-refractivity contribution >= 4 is 11.0 Å². The quantitative estimate of drug-likeness (QED) is 0.750. The van der Waals surface area contributed by atoms with E-state index in [9.17, 15) is 9.59 Å². The van der Waals surface area contributed by atoms with Crippen molar-refractivity contribution in [1.82, 2.24) is 14.9 Å². The molecule has 1 aromatic heterocycles. The van der Waals surface area contributed by atoms with Crippen LogP contribution < -0.4 is 11.1 Å². The van der Waals surface area contributed by atoms with Crippen LogP contribution >= 0.6 is 0 Å². The van der Waals surface area contributed by atoms with E-state index in [1.807, 2.05) is 12.1 Å². The molecule has 3 rings (SSSR count). The number of nitrogens with zero attached hydrogens (tertiary/aromatic N) is 1. The van der Waals surface area contributed by atoms with Gasteiger partial charge in [-0.05, 0) is 37.5 Å². The van der Waals surface area contributed by atoms with Crippen molar-refractivity contribution in [2.24, 2.45) is 0 Å². The molecule has 0 unspecified atom stereocenters. The lowest BCUT2D eigenvalue weighted by molar-refractivity contribution is 0.204. The summed E-state index contributed by atoms with van der Waals surface area (Å²) in [6.45, 7) is 6.18. The molecule has 0 aliphatic carbocycles. The van der Waals surface area contributed by atoms with Gasteiger partial charge in [0.1, 0.15) is 0 Å². The van der Waals surface area contributed by atoms with Gasteiger partial charge in [-0.25, -0.2) is 0 Å². The molecule has 1 aliphatic rings. The van der Waals surface area contributed by atoms with Crippen LogP contribution in [0.1, 0.15) is 25.0 Å². The van der Waals surface area contributed by atoms with E-state index in [1.54, 1.807) is 0 Å². The van der Waals surface area contributed by atoms with Crippen molar-refractivity contribution in [1.29, 1.82) is 0 Å². The average Bonchev–Trinajstić information content (AvgIpc) is 2.39. The zero-order valence-corrected chi connectivity index (χ0v) is 11.1. The minimum absolute atomic E-state index is 0.470. The van der Waals surface area contributed by atoms with E-state index in [2.05, 4.69) is 28.7 Å². The molecule has 1 aromatic carbocycles. The molecule has 5 nitrogen and oxygen atoms in total. The Morgan fingerprint density at radius 2 is 1.89 bits per heavy atom. The summed E-state index contributed by atoms with van der Waals surface area (Å²) >= 11 is 0. The van der Waals surface area contributed by atoms with Gasteiger partial charge in [0, 0.05) is 19.1 Å². The van der Waals surface area contributed by atoms with E-state index >= 15 is 0 Å². The first-order chi connectivity index (χ1) is 9.06. The number of hydrogen-bond acceptors (Lipinski definition) is 3. The van der Waals surface area contributed by atoms with E-state index in [4.69, 9.17) is 0 Å². The van der Waals surface area contributed by atoms with Crippen LogP contribution in [-0.2, 0) is 13.0 Å². The fourth-order valence-corrected chi connectivity index (χ4v) is 2.69. The zero-order chi connectivity index (χ0) is 13.6. The normalized spacial score (nSPS) is 15.9. The number of fused-ring (bicyclic) bond motifs is 3. The van der Waals surface area contributed by atoms with Gasteiger partial charge in [0.25, 0.3) is 0 Å². The number of aromatic amines is 2. The predicted molar refractivity (Wildman–Crippen MR) is 74.4 cm³/mol.